The molecule has 14 heavy (non-hydrogen) atoms. The highest BCUT2D eigenvalue weighted by molar-refractivity contribution is 9.10. The maximum absolute atomic E-state index is 10.7. The number of hydrogen-bond donors (Lipinski definition) is 0. The molecule has 0 radical (unpaired) electrons. The Kier molecular flexibility index (Phi) is 3.20. The Morgan fingerprint density at radius 3 is 2.79 bits per heavy atom. The SMILES string of the molecule is Cc1cc(Br)c([N+](=O)[O-])c(CC#N)c1. The summed E-state index contributed by atoms with van der Waals surface area (Å²) in [5.74, 6) is 0. The Labute approximate surface area is 89.4 Å². The maximum Gasteiger partial charge on any atom is 0.287 e. The van der Waals surface area contributed by atoms with E-state index < -0.39 is 4.92 Å². The predicted octanol–water partition coefficient (Wildman–Crippen LogP) is 2.73. The first kappa shape index (κ1) is 10.7. The van der Waals surface area contributed by atoms with Crippen molar-refractivity contribution >= 4 is 21.6 Å². The number of nitriles is 1. The van der Waals surface area contributed by atoms with Gasteiger partial charge in [-0.05, 0) is 40.5 Å². The van der Waals surface area contributed by atoms with E-state index >= 15 is 0 Å². The van der Waals surface area contributed by atoms with Gasteiger partial charge in [-0.3, -0.25) is 10.1 Å². The van der Waals surface area contributed by atoms with E-state index in [1.807, 2.05) is 13.0 Å². The van der Waals surface area contributed by atoms with Crippen molar-refractivity contribution in [2.45, 2.75) is 13.3 Å². The summed E-state index contributed by atoms with van der Waals surface area (Å²) < 4.78 is 0.424. The normalized spacial score (nSPS) is 9.50. The number of nitrogens with zero attached hydrogens (tertiary/aromatic N) is 2. The molecule has 0 aliphatic rings. The predicted molar refractivity (Wildman–Crippen MR) is 54.9 cm³/mol. The number of rotatable bonds is 2. The van der Waals surface area contributed by atoms with Crippen LogP contribution in [0.1, 0.15) is 11.1 Å². The van der Waals surface area contributed by atoms with Crippen LogP contribution in [0.2, 0.25) is 0 Å². The molecule has 0 aromatic heterocycles. The zero-order chi connectivity index (χ0) is 10.7. The average Bonchev–Trinajstić information content (AvgIpc) is 2.01. The molecule has 4 nitrogen and oxygen atoms in total. The van der Waals surface area contributed by atoms with E-state index in [0.29, 0.717) is 10.0 Å². The minimum atomic E-state index is -0.476. The number of aryl methyl sites for hydroxylation is 1. The highest BCUT2D eigenvalue weighted by Crippen LogP contribution is 2.30. The second kappa shape index (κ2) is 4.20. The molecule has 0 amide bonds. The van der Waals surface area contributed by atoms with E-state index in [9.17, 15) is 10.1 Å². The van der Waals surface area contributed by atoms with E-state index in [0.717, 1.165) is 5.56 Å². The summed E-state index contributed by atoms with van der Waals surface area (Å²) in [4.78, 5) is 10.2. The zero-order valence-electron chi connectivity index (χ0n) is 7.45. The van der Waals surface area contributed by atoms with Gasteiger partial charge in [-0.15, -0.1) is 0 Å². The lowest BCUT2D eigenvalue weighted by Crippen LogP contribution is -1.96. The molecule has 0 saturated heterocycles. The van der Waals surface area contributed by atoms with Gasteiger partial charge >= 0.3 is 0 Å². The fourth-order valence-electron chi connectivity index (χ4n) is 1.23. The van der Waals surface area contributed by atoms with Gasteiger partial charge in [0.05, 0.1) is 21.9 Å². The quantitative estimate of drug-likeness (QED) is 0.602. The van der Waals surface area contributed by atoms with Gasteiger partial charge in [0.1, 0.15) is 0 Å². The lowest BCUT2D eigenvalue weighted by atomic mass is 10.1. The summed E-state index contributed by atoms with van der Waals surface area (Å²) in [5, 5.41) is 19.2. The molecule has 0 unspecified atom stereocenters. The van der Waals surface area contributed by atoms with Crippen LogP contribution in [0.3, 0.4) is 0 Å². The first-order valence-corrected chi connectivity index (χ1v) is 4.66. The van der Waals surface area contributed by atoms with Crippen molar-refractivity contribution in [1.82, 2.24) is 0 Å². The van der Waals surface area contributed by atoms with Crippen molar-refractivity contribution in [3.05, 3.63) is 37.8 Å². The molecule has 72 valence electrons. The molecule has 1 rings (SSSR count). The van der Waals surface area contributed by atoms with Crippen molar-refractivity contribution < 1.29 is 4.92 Å². The van der Waals surface area contributed by atoms with Crippen LogP contribution in [0, 0.1) is 28.4 Å². The lowest BCUT2D eigenvalue weighted by molar-refractivity contribution is -0.386. The fraction of sp³-hybridized carbons (Fsp3) is 0.222. The molecule has 0 bridgehead atoms. The van der Waals surface area contributed by atoms with Gasteiger partial charge in [-0.1, -0.05) is 0 Å². The number of benzene rings is 1. The molecule has 1 aromatic rings. The van der Waals surface area contributed by atoms with Gasteiger partial charge in [-0.25, -0.2) is 0 Å². The molecular formula is C9H7BrN2O2. The van der Waals surface area contributed by atoms with E-state index in [2.05, 4.69) is 15.9 Å². The van der Waals surface area contributed by atoms with Gasteiger partial charge in [0.15, 0.2) is 0 Å². The zero-order valence-corrected chi connectivity index (χ0v) is 9.04. The molecule has 0 aliphatic carbocycles. The monoisotopic (exact) mass is 254 g/mol. The second-order valence-corrected chi connectivity index (χ2v) is 3.70. The molecular weight excluding hydrogens is 248 g/mol. The first-order valence-electron chi connectivity index (χ1n) is 3.86. The third-order valence-corrected chi connectivity index (χ3v) is 2.34. The van der Waals surface area contributed by atoms with E-state index in [1.54, 1.807) is 12.1 Å². The third kappa shape index (κ3) is 2.09. The fourth-order valence-corrected chi connectivity index (χ4v) is 1.99. The second-order valence-electron chi connectivity index (χ2n) is 2.85. The number of hydrogen-bond acceptors (Lipinski definition) is 3. The van der Waals surface area contributed by atoms with Crippen molar-refractivity contribution in [2.75, 3.05) is 0 Å². The van der Waals surface area contributed by atoms with E-state index in [1.165, 1.54) is 0 Å². The Morgan fingerprint density at radius 1 is 1.64 bits per heavy atom. The largest absolute Gasteiger partial charge is 0.287 e. The molecule has 0 atom stereocenters. The highest BCUT2D eigenvalue weighted by atomic mass is 79.9. The summed E-state index contributed by atoms with van der Waals surface area (Å²) in [6, 6.07) is 5.23. The first-order chi connectivity index (χ1) is 6.56. The van der Waals surface area contributed by atoms with Crippen molar-refractivity contribution in [1.29, 1.82) is 5.26 Å². The van der Waals surface area contributed by atoms with E-state index in [4.69, 9.17) is 5.26 Å². The van der Waals surface area contributed by atoms with Crippen LogP contribution in [-0.2, 0) is 6.42 Å². The number of nitro benzene ring substituents is 1. The van der Waals surface area contributed by atoms with Crippen LogP contribution in [0.25, 0.3) is 0 Å². The smallest absolute Gasteiger partial charge is 0.258 e. The van der Waals surface area contributed by atoms with E-state index in [-0.39, 0.29) is 12.1 Å². The van der Waals surface area contributed by atoms with Gasteiger partial charge in [0, 0.05) is 5.56 Å². The summed E-state index contributed by atoms with van der Waals surface area (Å²) in [5.41, 5.74) is 1.33. The van der Waals surface area contributed by atoms with Crippen LogP contribution in [0.5, 0.6) is 0 Å². The van der Waals surface area contributed by atoms with Gasteiger partial charge in [-0.2, -0.15) is 5.26 Å². The minimum absolute atomic E-state index is 0.0165. The van der Waals surface area contributed by atoms with Gasteiger partial charge in [0.25, 0.3) is 5.69 Å². The molecule has 5 heteroatoms. The molecule has 0 aliphatic heterocycles. The lowest BCUT2D eigenvalue weighted by Gasteiger charge is -2.02. The molecule has 0 N–H and O–H groups in total. The van der Waals surface area contributed by atoms with Crippen LogP contribution >= 0.6 is 15.9 Å². The summed E-state index contributed by atoms with van der Waals surface area (Å²) in [7, 11) is 0. The highest BCUT2D eigenvalue weighted by Gasteiger charge is 2.18. The Hall–Kier alpha value is -1.41. The maximum atomic E-state index is 10.7. The third-order valence-electron chi connectivity index (χ3n) is 1.74. The van der Waals surface area contributed by atoms with Crippen LogP contribution in [-0.4, -0.2) is 4.92 Å². The molecule has 1 aromatic carbocycles. The molecule has 0 heterocycles. The molecule has 0 spiro atoms. The topological polar surface area (TPSA) is 66.9 Å². The Balaban J connectivity index is 3.38. The summed E-state index contributed by atoms with van der Waals surface area (Å²) >= 11 is 3.12. The Bertz CT molecular complexity index is 424. The number of halogens is 1. The standard InChI is InChI=1S/C9H7BrN2O2/c1-6-4-7(2-3-11)9(12(13)14)8(10)5-6/h4-5H,2H2,1H3. The average molecular weight is 255 g/mol. The van der Waals surface area contributed by atoms with Gasteiger partial charge in [0.2, 0.25) is 0 Å². The van der Waals surface area contributed by atoms with Crippen LogP contribution in [0.15, 0.2) is 16.6 Å². The Morgan fingerprint density at radius 2 is 2.29 bits per heavy atom. The summed E-state index contributed by atoms with van der Waals surface area (Å²) in [6.45, 7) is 1.83. The molecule has 0 saturated carbocycles. The summed E-state index contributed by atoms with van der Waals surface area (Å²) in [6.07, 6.45) is 0.0522. The van der Waals surface area contributed by atoms with Crippen LogP contribution in [0.4, 0.5) is 5.69 Å². The van der Waals surface area contributed by atoms with Crippen molar-refractivity contribution in [3.8, 4) is 6.07 Å². The van der Waals surface area contributed by atoms with Gasteiger partial charge < -0.3 is 0 Å². The molecule has 0 fully saturated rings. The minimum Gasteiger partial charge on any atom is -0.258 e. The van der Waals surface area contributed by atoms with Crippen molar-refractivity contribution in [2.24, 2.45) is 0 Å². The number of nitro groups is 1. The van der Waals surface area contributed by atoms with Crippen LogP contribution < -0.4 is 0 Å². The van der Waals surface area contributed by atoms with Crippen molar-refractivity contribution in [3.63, 3.8) is 0 Å².